The van der Waals surface area contributed by atoms with Gasteiger partial charge in [0, 0.05) is 34.4 Å². The molecule has 0 bridgehead atoms. The molecular weight excluding hydrogens is 371 g/mol. The number of aromatic nitrogens is 2. The Labute approximate surface area is 176 Å². The lowest BCUT2D eigenvalue weighted by Gasteiger charge is -2.21. The van der Waals surface area contributed by atoms with E-state index in [2.05, 4.69) is 68.9 Å². The van der Waals surface area contributed by atoms with Crippen molar-refractivity contribution in [2.45, 2.75) is 26.2 Å². The lowest BCUT2D eigenvalue weighted by atomic mass is 9.83. The van der Waals surface area contributed by atoms with Crippen molar-refractivity contribution in [2.75, 3.05) is 0 Å². The van der Waals surface area contributed by atoms with Crippen LogP contribution in [0.1, 0.15) is 30.7 Å². The van der Waals surface area contributed by atoms with Crippen molar-refractivity contribution < 1.29 is 8.96 Å². The first-order valence-corrected chi connectivity index (χ1v) is 10.2. The number of nitrogens with zero attached hydrogens (tertiary/aromatic N) is 2. The molecular formula is C27H24FN2+. The van der Waals surface area contributed by atoms with Gasteiger partial charge in [0.2, 0.25) is 5.69 Å². The zero-order chi connectivity index (χ0) is 21.0. The SMILES string of the molecule is Cc1cc2c(cc1-c1ccc(-c3ccc(F)cc3)c[n+]1C)C(C)(C)c1ncccc1-2. The maximum atomic E-state index is 13.3. The zero-order valence-electron chi connectivity index (χ0n) is 17.7. The van der Waals surface area contributed by atoms with Crippen LogP contribution in [0.5, 0.6) is 0 Å². The van der Waals surface area contributed by atoms with Crippen molar-refractivity contribution in [3.8, 4) is 33.5 Å². The number of aryl methyl sites for hydroxylation is 2. The fourth-order valence-corrected chi connectivity index (χ4v) is 4.67. The van der Waals surface area contributed by atoms with E-state index in [1.54, 1.807) is 0 Å². The number of fused-ring (bicyclic) bond motifs is 3. The van der Waals surface area contributed by atoms with E-state index in [1.165, 1.54) is 39.9 Å². The molecule has 0 fully saturated rings. The monoisotopic (exact) mass is 395 g/mol. The van der Waals surface area contributed by atoms with E-state index in [1.807, 2.05) is 24.4 Å². The highest BCUT2D eigenvalue weighted by molar-refractivity contribution is 5.83. The number of pyridine rings is 2. The first-order chi connectivity index (χ1) is 14.4. The molecule has 2 nitrogen and oxygen atoms in total. The lowest BCUT2D eigenvalue weighted by Crippen LogP contribution is -2.31. The van der Waals surface area contributed by atoms with Crippen LogP contribution in [-0.4, -0.2) is 4.98 Å². The van der Waals surface area contributed by atoms with E-state index >= 15 is 0 Å². The summed E-state index contributed by atoms with van der Waals surface area (Å²) in [6, 6.07) is 19.7. The molecule has 2 aromatic heterocycles. The smallest absolute Gasteiger partial charge is 0.212 e. The summed E-state index contributed by atoms with van der Waals surface area (Å²) in [6.45, 7) is 6.67. The van der Waals surface area contributed by atoms with Gasteiger partial charge in [-0.1, -0.05) is 38.1 Å². The van der Waals surface area contributed by atoms with Gasteiger partial charge in [0.05, 0.1) is 5.69 Å². The highest BCUT2D eigenvalue weighted by atomic mass is 19.1. The minimum atomic E-state index is -0.216. The van der Waals surface area contributed by atoms with E-state index in [-0.39, 0.29) is 11.2 Å². The molecule has 30 heavy (non-hydrogen) atoms. The molecule has 0 N–H and O–H groups in total. The van der Waals surface area contributed by atoms with Crippen LogP contribution < -0.4 is 4.57 Å². The highest BCUT2D eigenvalue weighted by Gasteiger charge is 2.37. The standard InChI is InChI=1S/C27H24FN2/c1-17-14-23-21-6-5-13-29-26(21)27(2,3)24(23)15-22(17)25-12-9-19(16-30(25)4)18-7-10-20(28)11-8-18/h5-16H,1-4H3/q+1. The van der Waals surface area contributed by atoms with Crippen LogP contribution in [0.2, 0.25) is 0 Å². The van der Waals surface area contributed by atoms with E-state index in [0.29, 0.717) is 0 Å². The zero-order valence-corrected chi connectivity index (χ0v) is 17.7. The first kappa shape index (κ1) is 18.7. The lowest BCUT2D eigenvalue weighted by molar-refractivity contribution is -0.659. The predicted octanol–water partition coefficient (Wildman–Crippen LogP) is 5.99. The van der Waals surface area contributed by atoms with Crippen molar-refractivity contribution in [1.29, 1.82) is 0 Å². The highest BCUT2D eigenvalue weighted by Crippen LogP contribution is 2.49. The van der Waals surface area contributed by atoms with Crippen LogP contribution in [0.15, 0.2) is 73.1 Å². The molecule has 0 atom stereocenters. The third-order valence-corrected chi connectivity index (χ3v) is 6.31. The molecule has 1 aliphatic rings. The van der Waals surface area contributed by atoms with Crippen LogP contribution in [0, 0.1) is 12.7 Å². The summed E-state index contributed by atoms with van der Waals surface area (Å²) >= 11 is 0. The minimum Gasteiger partial charge on any atom is -0.260 e. The Hall–Kier alpha value is -3.33. The van der Waals surface area contributed by atoms with Gasteiger partial charge in [-0.05, 0) is 59.5 Å². The maximum Gasteiger partial charge on any atom is 0.212 e. The molecule has 148 valence electrons. The van der Waals surface area contributed by atoms with Crippen LogP contribution in [0.4, 0.5) is 4.39 Å². The summed E-state index contributed by atoms with van der Waals surface area (Å²) in [5.74, 6) is -0.216. The number of hydrogen-bond acceptors (Lipinski definition) is 1. The van der Waals surface area contributed by atoms with Gasteiger partial charge in [-0.25, -0.2) is 8.96 Å². The van der Waals surface area contributed by atoms with E-state index in [0.717, 1.165) is 22.5 Å². The van der Waals surface area contributed by atoms with E-state index in [4.69, 9.17) is 4.98 Å². The average Bonchev–Trinajstić information content (AvgIpc) is 2.95. The van der Waals surface area contributed by atoms with Crippen molar-refractivity contribution in [3.05, 3.63) is 95.7 Å². The van der Waals surface area contributed by atoms with E-state index < -0.39 is 0 Å². The molecule has 3 heteroatoms. The third kappa shape index (κ3) is 2.77. The van der Waals surface area contributed by atoms with Gasteiger partial charge in [-0.3, -0.25) is 4.98 Å². The summed E-state index contributed by atoms with van der Waals surface area (Å²) in [5.41, 5.74) is 10.6. The Morgan fingerprint density at radius 3 is 2.33 bits per heavy atom. The van der Waals surface area contributed by atoms with Gasteiger partial charge in [0.1, 0.15) is 12.9 Å². The third-order valence-electron chi connectivity index (χ3n) is 6.31. The molecule has 1 aliphatic carbocycles. The Kier molecular flexibility index (Phi) is 4.11. The molecule has 5 rings (SSSR count). The molecule has 0 saturated heterocycles. The second-order valence-electron chi connectivity index (χ2n) is 8.66. The van der Waals surface area contributed by atoms with Crippen LogP contribution in [0.3, 0.4) is 0 Å². The van der Waals surface area contributed by atoms with Crippen LogP contribution >= 0.6 is 0 Å². The Bertz CT molecular complexity index is 1290. The van der Waals surface area contributed by atoms with Crippen molar-refractivity contribution in [3.63, 3.8) is 0 Å². The second kappa shape index (κ2) is 6.60. The van der Waals surface area contributed by atoms with Gasteiger partial charge < -0.3 is 0 Å². The molecule has 0 saturated carbocycles. The minimum absolute atomic E-state index is 0.124. The second-order valence-corrected chi connectivity index (χ2v) is 8.66. The van der Waals surface area contributed by atoms with Gasteiger partial charge in [-0.2, -0.15) is 0 Å². The summed E-state index contributed by atoms with van der Waals surface area (Å²) in [5, 5.41) is 0. The molecule has 0 radical (unpaired) electrons. The molecule has 2 aromatic carbocycles. The quantitative estimate of drug-likeness (QED) is 0.381. The van der Waals surface area contributed by atoms with Gasteiger partial charge in [0.15, 0.2) is 6.20 Å². The Morgan fingerprint density at radius 1 is 0.867 bits per heavy atom. The van der Waals surface area contributed by atoms with Gasteiger partial charge >= 0.3 is 0 Å². The molecule has 2 heterocycles. The Balaban J connectivity index is 1.63. The van der Waals surface area contributed by atoms with Crippen LogP contribution in [-0.2, 0) is 12.5 Å². The largest absolute Gasteiger partial charge is 0.260 e. The molecule has 0 spiro atoms. The van der Waals surface area contributed by atoms with Crippen molar-refractivity contribution >= 4 is 0 Å². The van der Waals surface area contributed by atoms with Crippen molar-refractivity contribution in [2.24, 2.45) is 7.05 Å². The van der Waals surface area contributed by atoms with Crippen molar-refractivity contribution in [1.82, 2.24) is 4.98 Å². The fourth-order valence-electron chi connectivity index (χ4n) is 4.67. The number of halogens is 1. The summed E-state index contributed by atoms with van der Waals surface area (Å²) < 4.78 is 15.4. The molecule has 0 unspecified atom stereocenters. The predicted molar refractivity (Wildman–Crippen MR) is 119 cm³/mol. The van der Waals surface area contributed by atoms with Crippen LogP contribution in [0.25, 0.3) is 33.5 Å². The number of benzene rings is 2. The fraction of sp³-hybridized carbons (Fsp3) is 0.185. The van der Waals surface area contributed by atoms with Gasteiger partial charge in [-0.15, -0.1) is 0 Å². The summed E-state index contributed by atoms with van der Waals surface area (Å²) in [4.78, 5) is 4.70. The normalized spacial score (nSPS) is 13.8. The van der Waals surface area contributed by atoms with Gasteiger partial charge in [0.25, 0.3) is 0 Å². The maximum absolute atomic E-state index is 13.3. The number of hydrogen-bond donors (Lipinski definition) is 0. The topological polar surface area (TPSA) is 16.8 Å². The number of rotatable bonds is 2. The average molecular weight is 396 g/mol. The van der Waals surface area contributed by atoms with E-state index in [9.17, 15) is 4.39 Å². The Morgan fingerprint density at radius 2 is 1.60 bits per heavy atom. The molecule has 0 aliphatic heterocycles. The summed E-state index contributed by atoms with van der Waals surface area (Å²) in [6.07, 6.45) is 3.99. The summed E-state index contributed by atoms with van der Waals surface area (Å²) in [7, 11) is 2.07. The first-order valence-electron chi connectivity index (χ1n) is 10.2. The molecule has 0 amide bonds. The molecule has 4 aromatic rings.